The Morgan fingerprint density at radius 2 is 1.73 bits per heavy atom. The molecule has 1 N–H and O–H groups in total. The lowest BCUT2D eigenvalue weighted by molar-refractivity contribution is -0.117. The Balaban J connectivity index is 2.42. The third-order valence-electron chi connectivity index (χ3n) is 4.08. The number of carbonyl (C=O) groups excluding carboxylic acids is 1. The Morgan fingerprint density at radius 3 is 2.31 bits per heavy atom. The summed E-state index contributed by atoms with van der Waals surface area (Å²) in [6.45, 7) is 3.65. The summed E-state index contributed by atoms with van der Waals surface area (Å²) >= 11 is 0. The van der Waals surface area contributed by atoms with Crippen LogP contribution in [0, 0.1) is 5.82 Å². The predicted octanol–water partition coefficient (Wildman–Crippen LogP) is 3.57. The highest BCUT2D eigenvalue weighted by Crippen LogP contribution is 2.26. The number of sulfonamides is 1. The average Bonchev–Trinajstić information content (AvgIpc) is 2.59. The highest BCUT2D eigenvalue weighted by atomic mass is 32.2. The number of para-hydroxylation sites is 2. The van der Waals surface area contributed by atoms with Gasteiger partial charge in [-0.05, 0) is 36.6 Å². The number of carbonyl (C=O) groups is 1. The third kappa shape index (κ3) is 4.40. The maximum Gasteiger partial charge on any atom is 0.248 e. The number of halogens is 1. The molecule has 2 aromatic rings. The summed E-state index contributed by atoms with van der Waals surface area (Å²) in [6.07, 6.45) is 1.88. The van der Waals surface area contributed by atoms with Gasteiger partial charge in [-0.25, -0.2) is 12.8 Å². The number of hydrogen-bond acceptors (Lipinski definition) is 3. The molecule has 1 atom stereocenters. The molecule has 0 spiro atoms. The van der Waals surface area contributed by atoms with Crippen LogP contribution in [0.5, 0.6) is 0 Å². The molecule has 0 aromatic heterocycles. The minimum absolute atomic E-state index is 0.138. The van der Waals surface area contributed by atoms with E-state index in [-0.39, 0.29) is 12.1 Å². The highest BCUT2D eigenvalue weighted by Gasteiger charge is 2.33. The molecular formula is C19H23FN2O3S. The van der Waals surface area contributed by atoms with Crippen molar-refractivity contribution in [3.8, 4) is 0 Å². The van der Waals surface area contributed by atoms with Gasteiger partial charge in [-0.3, -0.25) is 9.10 Å². The zero-order valence-corrected chi connectivity index (χ0v) is 15.9. The molecule has 2 rings (SSSR count). The van der Waals surface area contributed by atoms with Crippen LogP contribution in [0.15, 0.2) is 48.5 Å². The molecule has 0 heterocycles. The van der Waals surface area contributed by atoms with Crippen LogP contribution in [0.2, 0.25) is 0 Å². The molecule has 0 saturated carbocycles. The van der Waals surface area contributed by atoms with Gasteiger partial charge in [-0.2, -0.15) is 0 Å². The lowest BCUT2D eigenvalue weighted by Crippen LogP contribution is -2.47. The van der Waals surface area contributed by atoms with Crippen molar-refractivity contribution in [3.63, 3.8) is 0 Å². The van der Waals surface area contributed by atoms with E-state index in [2.05, 4.69) is 5.32 Å². The minimum Gasteiger partial charge on any atom is -0.324 e. The summed E-state index contributed by atoms with van der Waals surface area (Å²) in [5.41, 5.74) is 1.42. The number of amides is 1. The summed E-state index contributed by atoms with van der Waals surface area (Å²) in [5, 5.41) is 2.79. The van der Waals surface area contributed by atoms with Gasteiger partial charge >= 0.3 is 0 Å². The fraction of sp³-hybridized carbons (Fsp3) is 0.316. The number of benzene rings is 2. The predicted molar refractivity (Wildman–Crippen MR) is 102 cm³/mol. The van der Waals surface area contributed by atoms with Crippen LogP contribution in [0.3, 0.4) is 0 Å². The molecule has 0 bridgehead atoms. The molecule has 1 unspecified atom stereocenters. The Hall–Kier alpha value is -2.41. The van der Waals surface area contributed by atoms with Gasteiger partial charge < -0.3 is 5.32 Å². The van der Waals surface area contributed by atoms with Crippen LogP contribution in [0.4, 0.5) is 15.8 Å². The quantitative estimate of drug-likeness (QED) is 0.801. The van der Waals surface area contributed by atoms with Crippen molar-refractivity contribution in [1.82, 2.24) is 0 Å². The van der Waals surface area contributed by atoms with Gasteiger partial charge in [0, 0.05) is 5.69 Å². The zero-order chi connectivity index (χ0) is 19.3. The van der Waals surface area contributed by atoms with Crippen molar-refractivity contribution in [3.05, 3.63) is 59.9 Å². The third-order valence-corrected chi connectivity index (χ3v) is 5.24. The number of rotatable bonds is 7. The van der Waals surface area contributed by atoms with E-state index in [0.29, 0.717) is 5.69 Å². The van der Waals surface area contributed by atoms with Crippen LogP contribution in [-0.4, -0.2) is 26.6 Å². The van der Waals surface area contributed by atoms with Crippen molar-refractivity contribution < 1.29 is 17.6 Å². The molecule has 0 aliphatic heterocycles. The standard InChI is InChI=1S/C19H23FN2O3S/c1-4-14-10-6-8-12-16(14)21-19(23)17(5-2)22(26(3,24)25)18-13-9-7-11-15(18)20/h6-13,17H,4-5H2,1-3H3,(H,21,23). The molecule has 5 nitrogen and oxygen atoms in total. The van der Waals surface area contributed by atoms with Crippen LogP contribution < -0.4 is 9.62 Å². The van der Waals surface area contributed by atoms with E-state index in [1.54, 1.807) is 19.1 Å². The fourth-order valence-electron chi connectivity index (χ4n) is 2.83. The Bertz CT molecular complexity index is 884. The second kappa shape index (κ2) is 8.31. The Kier molecular flexibility index (Phi) is 6.37. The van der Waals surface area contributed by atoms with Crippen LogP contribution in [0.25, 0.3) is 0 Å². The molecule has 26 heavy (non-hydrogen) atoms. The lowest BCUT2D eigenvalue weighted by Gasteiger charge is -2.30. The first-order valence-corrected chi connectivity index (χ1v) is 10.3. The van der Waals surface area contributed by atoms with Crippen molar-refractivity contribution in [2.24, 2.45) is 0 Å². The molecule has 140 valence electrons. The largest absolute Gasteiger partial charge is 0.324 e. The summed E-state index contributed by atoms with van der Waals surface area (Å²) in [6, 6.07) is 11.8. The van der Waals surface area contributed by atoms with Crippen molar-refractivity contribution in [1.29, 1.82) is 0 Å². The highest BCUT2D eigenvalue weighted by molar-refractivity contribution is 7.92. The maximum absolute atomic E-state index is 14.2. The number of hydrogen-bond donors (Lipinski definition) is 1. The maximum atomic E-state index is 14.2. The Morgan fingerprint density at radius 1 is 1.12 bits per heavy atom. The number of aryl methyl sites for hydroxylation is 1. The van der Waals surface area contributed by atoms with E-state index in [4.69, 9.17) is 0 Å². The van der Waals surface area contributed by atoms with Crippen LogP contribution in [-0.2, 0) is 21.2 Å². The topological polar surface area (TPSA) is 66.5 Å². The van der Waals surface area contributed by atoms with Crippen LogP contribution in [0.1, 0.15) is 25.8 Å². The van der Waals surface area contributed by atoms with Gasteiger partial charge in [-0.1, -0.05) is 44.2 Å². The normalized spacial score (nSPS) is 12.5. The monoisotopic (exact) mass is 378 g/mol. The zero-order valence-electron chi connectivity index (χ0n) is 15.1. The van der Waals surface area contributed by atoms with E-state index < -0.39 is 27.8 Å². The van der Waals surface area contributed by atoms with Gasteiger partial charge in [0.25, 0.3) is 0 Å². The number of nitrogens with one attached hydrogen (secondary N) is 1. The lowest BCUT2D eigenvalue weighted by atomic mass is 10.1. The van der Waals surface area contributed by atoms with Crippen molar-refractivity contribution >= 4 is 27.3 Å². The first kappa shape index (κ1) is 19.9. The molecule has 0 radical (unpaired) electrons. The van der Waals surface area contributed by atoms with E-state index >= 15 is 0 Å². The average molecular weight is 378 g/mol. The van der Waals surface area contributed by atoms with E-state index in [1.807, 2.05) is 19.1 Å². The summed E-state index contributed by atoms with van der Waals surface area (Å²) < 4.78 is 39.8. The first-order valence-electron chi connectivity index (χ1n) is 8.42. The van der Waals surface area contributed by atoms with Gasteiger partial charge in [-0.15, -0.1) is 0 Å². The van der Waals surface area contributed by atoms with Crippen molar-refractivity contribution in [2.75, 3.05) is 15.9 Å². The van der Waals surface area contributed by atoms with Gasteiger partial charge in [0.05, 0.1) is 11.9 Å². The smallest absolute Gasteiger partial charge is 0.248 e. The van der Waals surface area contributed by atoms with Gasteiger partial charge in [0.15, 0.2) is 0 Å². The molecule has 2 aromatic carbocycles. The number of nitrogens with zero attached hydrogens (tertiary/aromatic N) is 1. The summed E-state index contributed by atoms with van der Waals surface area (Å²) in [4.78, 5) is 12.8. The Labute approximate surface area is 153 Å². The second-order valence-electron chi connectivity index (χ2n) is 5.93. The second-order valence-corrected chi connectivity index (χ2v) is 7.79. The molecule has 1 amide bonds. The molecule has 7 heteroatoms. The SMILES string of the molecule is CCc1ccccc1NC(=O)C(CC)N(c1ccccc1F)S(C)(=O)=O. The van der Waals surface area contributed by atoms with E-state index in [1.165, 1.54) is 24.3 Å². The molecule has 0 aliphatic carbocycles. The van der Waals surface area contributed by atoms with Crippen molar-refractivity contribution in [2.45, 2.75) is 32.7 Å². The fourth-order valence-corrected chi connectivity index (χ4v) is 4.04. The van der Waals surface area contributed by atoms with E-state index in [0.717, 1.165) is 22.5 Å². The van der Waals surface area contributed by atoms with Gasteiger partial charge in [0.1, 0.15) is 11.9 Å². The number of anilines is 2. The van der Waals surface area contributed by atoms with Crippen LogP contribution >= 0.6 is 0 Å². The molecule has 0 saturated heterocycles. The summed E-state index contributed by atoms with van der Waals surface area (Å²) in [7, 11) is -3.87. The first-order chi connectivity index (χ1) is 12.3. The molecule has 0 fully saturated rings. The van der Waals surface area contributed by atoms with E-state index in [9.17, 15) is 17.6 Å². The minimum atomic E-state index is -3.87. The van der Waals surface area contributed by atoms with Gasteiger partial charge in [0.2, 0.25) is 15.9 Å². The molecular weight excluding hydrogens is 355 g/mol. The molecule has 0 aliphatic rings. The summed E-state index contributed by atoms with van der Waals surface area (Å²) in [5.74, 6) is -1.19.